The van der Waals surface area contributed by atoms with Crippen molar-refractivity contribution >= 4 is 17.5 Å². The Kier molecular flexibility index (Phi) is 4.40. The van der Waals surface area contributed by atoms with Gasteiger partial charge < -0.3 is 0 Å². The Hall–Kier alpha value is -2.32. The van der Waals surface area contributed by atoms with E-state index in [1.807, 2.05) is 73.7 Å². The van der Waals surface area contributed by atoms with E-state index in [0.717, 1.165) is 21.6 Å². The molecule has 0 saturated heterocycles. The molecule has 1 nitrogen and oxygen atoms in total. The second kappa shape index (κ2) is 6.63. The summed E-state index contributed by atoms with van der Waals surface area (Å²) < 4.78 is 0. The van der Waals surface area contributed by atoms with Gasteiger partial charge in [-0.3, -0.25) is 4.79 Å². The number of aryl methyl sites for hydroxylation is 1. The monoisotopic (exact) mass is 303 g/mol. The average molecular weight is 303 g/mol. The van der Waals surface area contributed by atoms with Gasteiger partial charge in [-0.25, -0.2) is 0 Å². The highest BCUT2D eigenvalue weighted by molar-refractivity contribution is 7.99. The van der Waals surface area contributed by atoms with Gasteiger partial charge in [0.2, 0.25) is 0 Å². The zero-order valence-corrected chi connectivity index (χ0v) is 13.1. The summed E-state index contributed by atoms with van der Waals surface area (Å²) in [6.45, 7) is 1.99. The number of hydrogen-bond donors (Lipinski definition) is 0. The summed E-state index contributed by atoms with van der Waals surface area (Å²) >= 11 is 1.69. The predicted molar refractivity (Wildman–Crippen MR) is 90.5 cm³/mol. The summed E-state index contributed by atoms with van der Waals surface area (Å²) in [5.74, 6) is 0.0731. The molecule has 0 spiro atoms. The quantitative estimate of drug-likeness (QED) is 0.618. The van der Waals surface area contributed by atoms with Crippen LogP contribution in [-0.2, 0) is 0 Å². The minimum Gasteiger partial charge on any atom is -0.289 e. The highest BCUT2D eigenvalue weighted by Gasteiger charge is 2.11. The van der Waals surface area contributed by atoms with Crippen LogP contribution in [0.2, 0.25) is 0 Å². The minimum absolute atomic E-state index is 0.0731. The highest BCUT2D eigenvalue weighted by atomic mass is 32.2. The molecule has 0 aliphatic rings. The van der Waals surface area contributed by atoms with Crippen molar-refractivity contribution in [3.05, 3.63) is 95.6 Å². The zero-order valence-electron chi connectivity index (χ0n) is 12.2. The molecule has 1 radical (unpaired) electrons. The van der Waals surface area contributed by atoms with E-state index in [1.165, 1.54) is 4.90 Å². The Balaban J connectivity index is 1.85. The van der Waals surface area contributed by atoms with Crippen molar-refractivity contribution in [3.63, 3.8) is 0 Å². The maximum absolute atomic E-state index is 12.5. The fourth-order valence-corrected chi connectivity index (χ4v) is 3.19. The topological polar surface area (TPSA) is 17.1 Å². The Morgan fingerprint density at radius 2 is 1.64 bits per heavy atom. The van der Waals surface area contributed by atoms with Crippen molar-refractivity contribution in [1.29, 1.82) is 0 Å². The van der Waals surface area contributed by atoms with E-state index >= 15 is 0 Å². The van der Waals surface area contributed by atoms with E-state index in [2.05, 4.69) is 12.1 Å². The summed E-state index contributed by atoms with van der Waals surface area (Å²) in [6, 6.07) is 26.3. The molecule has 0 unspecified atom stereocenters. The van der Waals surface area contributed by atoms with Crippen LogP contribution < -0.4 is 0 Å². The Morgan fingerprint density at radius 1 is 0.909 bits per heavy atom. The van der Waals surface area contributed by atoms with Crippen LogP contribution in [0, 0.1) is 13.0 Å². The fourth-order valence-electron chi connectivity index (χ4n) is 2.28. The van der Waals surface area contributed by atoms with Crippen molar-refractivity contribution in [2.24, 2.45) is 0 Å². The van der Waals surface area contributed by atoms with Crippen LogP contribution in [0.15, 0.2) is 82.6 Å². The number of carbonyl (C=O) groups excluding carboxylic acids is 1. The third-order valence-electron chi connectivity index (χ3n) is 3.40. The molecule has 2 heteroatoms. The number of hydrogen-bond acceptors (Lipinski definition) is 2. The van der Waals surface area contributed by atoms with Gasteiger partial charge in [-0.05, 0) is 48.9 Å². The van der Waals surface area contributed by atoms with Crippen molar-refractivity contribution in [3.8, 4) is 0 Å². The van der Waals surface area contributed by atoms with Gasteiger partial charge in [0.05, 0.1) is 0 Å². The molecular weight excluding hydrogens is 288 g/mol. The Bertz CT molecular complexity index is 779. The molecule has 0 fully saturated rings. The normalized spacial score (nSPS) is 10.4. The number of rotatable bonds is 4. The lowest BCUT2D eigenvalue weighted by Crippen LogP contribution is -2.03. The second-order valence-corrected chi connectivity index (χ2v) is 6.16. The lowest BCUT2D eigenvalue weighted by molar-refractivity contribution is 0.103. The zero-order chi connectivity index (χ0) is 15.4. The van der Waals surface area contributed by atoms with Gasteiger partial charge in [-0.2, -0.15) is 0 Å². The first-order valence-electron chi connectivity index (χ1n) is 7.08. The van der Waals surface area contributed by atoms with Crippen LogP contribution in [0.3, 0.4) is 0 Å². The highest BCUT2D eigenvalue weighted by Crippen LogP contribution is 2.29. The molecule has 0 aliphatic carbocycles. The number of benzene rings is 3. The van der Waals surface area contributed by atoms with Gasteiger partial charge >= 0.3 is 0 Å². The van der Waals surface area contributed by atoms with Crippen molar-refractivity contribution in [1.82, 2.24) is 0 Å². The van der Waals surface area contributed by atoms with Gasteiger partial charge in [0.1, 0.15) is 0 Å². The largest absolute Gasteiger partial charge is 0.289 e. The van der Waals surface area contributed by atoms with Crippen LogP contribution in [0.5, 0.6) is 0 Å². The molecule has 3 aromatic rings. The fraction of sp³-hybridized carbons (Fsp3) is 0.0500. The van der Waals surface area contributed by atoms with Gasteiger partial charge in [-0.1, -0.05) is 54.2 Å². The smallest absolute Gasteiger partial charge is 0.193 e. The van der Waals surface area contributed by atoms with Gasteiger partial charge in [0.15, 0.2) is 5.78 Å². The van der Waals surface area contributed by atoms with Crippen molar-refractivity contribution in [2.45, 2.75) is 16.7 Å². The molecule has 3 aromatic carbocycles. The molecule has 0 atom stereocenters. The molecule has 3 rings (SSSR count). The summed E-state index contributed by atoms with van der Waals surface area (Å²) in [4.78, 5) is 14.8. The molecular formula is C20H15OS. The van der Waals surface area contributed by atoms with E-state index in [0.29, 0.717) is 0 Å². The summed E-state index contributed by atoms with van der Waals surface area (Å²) in [5.41, 5.74) is 2.49. The van der Waals surface area contributed by atoms with E-state index in [4.69, 9.17) is 0 Å². The third kappa shape index (κ3) is 3.29. The molecule has 0 aliphatic heterocycles. The standard InChI is InChI=1S/C20H15OS/c1-15-14-18(22-17-10-6-3-7-11-17)12-13-19(15)20(21)16-8-4-2-5-9-16/h2,4-14H,1H3. The second-order valence-electron chi connectivity index (χ2n) is 5.01. The maximum atomic E-state index is 12.5. The molecule has 22 heavy (non-hydrogen) atoms. The van der Waals surface area contributed by atoms with Gasteiger partial charge in [0.25, 0.3) is 0 Å². The molecule has 0 bridgehead atoms. The minimum atomic E-state index is 0.0731. The SMILES string of the molecule is Cc1cc(Sc2cc[c]cc2)ccc1C(=O)c1ccccc1. The molecule has 0 N–H and O–H groups in total. The van der Waals surface area contributed by atoms with Crippen LogP contribution in [-0.4, -0.2) is 5.78 Å². The lowest BCUT2D eigenvalue weighted by atomic mass is 9.99. The van der Waals surface area contributed by atoms with Gasteiger partial charge in [-0.15, -0.1) is 0 Å². The molecule has 0 aromatic heterocycles. The van der Waals surface area contributed by atoms with E-state index in [-0.39, 0.29) is 5.78 Å². The summed E-state index contributed by atoms with van der Waals surface area (Å²) in [7, 11) is 0. The first-order valence-corrected chi connectivity index (χ1v) is 7.90. The molecule has 0 saturated carbocycles. The summed E-state index contributed by atoms with van der Waals surface area (Å²) in [5, 5.41) is 0. The average Bonchev–Trinajstić information content (AvgIpc) is 2.56. The van der Waals surface area contributed by atoms with E-state index in [9.17, 15) is 4.79 Å². The maximum Gasteiger partial charge on any atom is 0.193 e. The van der Waals surface area contributed by atoms with Crippen molar-refractivity contribution in [2.75, 3.05) is 0 Å². The molecule has 0 amide bonds. The first kappa shape index (κ1) is 14.6. The van der Waals surface area contributed by atoms with Crippen LogP contribution in [0.25, 0.3) is 0 Å². The van der Waals surface area contributed by atoms with Crippen LogP contribution in [0.1, 0.15) is 21.5 Å². The number of ketones is 1. The number of carbonyl (C=O) groups is 1. The van der Waals surface area contributed by atoms with E-state index < -0.39 is 0 Å². The lowest BCUT2D eigenvalue weighted by Gasteiger charge is -2.08. The molecule has 107 valence electrons. The van der Waals surface area contributed by atoms with Crippen LogP contribution >= 0.6 is 11.8 Å². The first-order chi connectivity index (χ1) is 10.7. The van der Waals surface area contributed by atoms with Crippen molar-refractivity contribution < 1.29 is 4.79 Å². The predicted octanol–water partition coefficient (Wildman–Crippen LogP) is 5.18. The van der Waals surface area contributed by atoms with Crippen LogP contribution in [0.4, 0.5) is 0 Å². The Labute approximate surface area is 135 Å². The third-order valence-corrected chi connectivity index (χ3v) is 4.40. The van der Waals surface area contributed by atoms with E-state index in [1.54, 1.807) is 11.8 Å². The Morgan fingerprint density at radius 3 is 2.32 bits per heavy atom. The van der Waals surface area contributed by atoms with Gasteiger partial charge in [0, 0.05) is 20.9 Å². The summed E-state index contributed by atoms with van der Waals surface area (Å²) in [6.07, 6.45) is 0. The molecule has 0 heterocycles.